The van der Waals surface area contributed by atoms with Crippen LogP contribution in [0.15, 0.2) is 42.7 Å². The number of amides is 1. The number of imidazole rings is 1. The topological polar surface area (TPSA) is 94.7 Å². The Balaban J connectivity index is 1.31. The molecule has 1 aliphatic rings. The lowest BCUT2D eigenvalue weighted by Crippen LogP contribution is -2.35. The van der Waals surface area contributed by atoms with E-state index in [0.29, 0.717) is 37.9 Å². The van der Waals surface area contributed by atoms with Crippen molar-refractivity contribution in [1.82, 2.24) is 25.1 Å². The lowest BCUT2D eigenvalue weighted by atomic mass is 10.0. The van der Waals surface area contributed by atoms with E-state index in [9.17, 15) is 9.59 Å². The summed E-state index contributed by atoms with van der Waals surface area (Å²) < 4.78 is 0. The fourth-order valence-electron chi connectivity index (χ4n) is 3.35. The average Bonchev–Trinajstić information content (AvgIpc) is 3.37. The molecule has 0 unspecified atom stereocenters. The van der Waals surface area contributed by atoms with Crippen LogP contribution in [0.3, 0.4) is 0 Å². The van der Waals surface area contributed by atoms with Crippen molar-refractivity contribution in [3.63, 3.8) is 0 Å². The second-order valence-corrected chi connectivity index (χ2v) is 6.71. The number of nitrogens with one attached hydrogen (secondary N) is 2. The zero-order valence-electron chi connectivity index (χ0n) is 14.9. The summed E-state index contributed by atoms with van der Waals surface area (Å²) >= 11 is 0. The highest BCUT2D eigenvalue weighted by Gasteiger charge is 2.24. The van der Waals surface area contributed by atoms with Crippen LogP contribution in [0, 0.1) is 0 Å². The molecule has 0 atom stereocenters. The molecule has 0 aliphatic carbocycles. The van der Waals surface area contributed by atoms with Crippen molar-refractivity contribution in [2.45, 2.75) is 32.2 Å². The first kappa shape index (κ1) is 17.2. The maximum absolute atomic E-state index is 12.5. The molecule has 27 heavy (non-hydrogen) atoms. The molecule has 2 N–H and O–H groups in total. The predicted octanol–water partition coefficient (Wildman–Crippen LogP) is 2.74. The highest BCUT2D eigenvalue weighted by molar-refractivity contribution is 5.96. The summed E-state index contributed by atoms with van der Waals surface area (Å²) in [6, 6.07) is 9.22. The van der Waals surface area contributed by atoms with Gasteiger partial charge in [-0.1, -0.05) is 30.3 Å². The molecule has 0 fully saturated rings. The van der Waals surface area contributed by atoms with Crippen molar-refractivity contribution >= 4 is 11.7 Å². The SMILES string of the molecule is O=C(CCCC(=O)N1CCc2nc(-c3cn[nH]c3)[nH]c2C1)c1ccccc1. The first-order valence-corrected chi connectivity index (χ1v) is 9.13. The Morgan fingerprint density at radius 2 is 2.00 bits per heavy atom. The Hall–Kier alpha value is -3.22. The van der Waals surface area contributed by atoms with Crippen LogP contribution >= 0.6 is 0 Å². The van der Waals surface area contributed by atoms with E-state index in [1.807, 2.05) is 35.2 Å². The summed E-state index contributed by atoms with van der Waals surface area (Å²) in [4.78, 5) is 34.4. The molecule has 3 heterocycles. The van der Waals surface area contributed by atoms with Crippen LogP contribution in [-0.2, 0) is 17.8 Å². The third-order valence-corrected chi connectivity index (χ3v) is 4.85. The van der Waals surface area contributed by atoms with E-state index in [2.05, 4.69) is 20.2 Å². The Morgan fingerprint density at radius 3 is 2.78 bits per heavy atom. The zero-order chi connectivity index (χ0) is 18.6. The van der Waals surface area contributed by atoms with Gasteiger partial charge in [0.2, 0.25) is 5.91 Å². The highest BCUT2D eigenvalue weighted by atomic mass is 16.2. The second kappa shape index (κ2) is 7.57. The fraction of sp³-hybridized carbons (Fsp3) is 0.300. The molecule has 1 aliphatic heterocycles. The monoisotopic (exact) mass is 363 g/mol. The molecule has 0 saturated heterocycles. The van der Waals surface area contributed by atoms with E-state index in [1.54, 1.807) is 12.4 Å². The number of carbonyl (C=O) groups is 2. The van der Waals surface area contributed by atoms with Gasteiger partial charge in [-0.3, -0.25) is 14.7 Å². The number of hydrogen-bond donors (Lipinski definition) is 2. The molecule has 1 amide bonds. The quantitative estimate of drug-likeness (QED) is 0.658. The van der Waals surface area contributed by atoms with Gasteiger partial charge in [0, 0.05) is 37.6 Å². The average molecular weight is 363 g/mol. The van der Waals surface area contributed by atoms with E-state index in [1.165, 1.54) is 0 Å². The Bertz CT molecular complexity index is 931. The third kappa shape index (κ3) is 3.81. The number of Topliss-reactive ketones (excluding diaryl/α,β-unsaturated/α-hetero) is 1. The van der Waals surface area contributed by atoms with E-state index in [-0.39, 0.29) is 11.7 Å². The van der Waals surface area contributed by atoms with Crippen molar-refractivity contribution in [2.75, 3.05) is 6.54 Å². The minimum atomic E-state index is 0.0842. The molecule has 3 aromatic rings. The molecular weight excluding hydrogens is 342 g/mol. The number of hydrogen-bond acceptors (Lipinski definition) is 4. The molecule has 0 saturated carbocycles. The number of ketones is 1. The van der Waals surface area contributed by atoms with Crippen LogP contribution in [0.4, 0.5) is 0 Å². The number of nitrogens with zero attached hydrogens (tertiary/aromatic N) is 3. The van der Waals surface area contributed by atoms with Crippen molar-refractivity contribution in [1.29, 1.82) is 0 Å². The van der Waals surface area contributed by atoms with Gasteiger partial charge in [-0.15, -0.1) is 0 Å². The van der Waals surface area contributed by atoms with Gasteiger partial charge in [0.25, 0.3) is 0 Å². The van der Waals surface area contributed by atoms with Crippen molar-refractivity contribution in [3.05, 3.63) is 59.7 Å². The van der Waals surface area contributed by atoms with Gasteiger partial charge in [-0.25, -0.2) is 4.98 Å². The molecule has 2 aromatic heterocycles. The molecule has 1 aromatic carbocycles. The van der Waals surface area contributed by atoms with Gasteiger partial charge in [-0.2, -0.15) is 5.10 Å². The summed E-state index contributed by atoms with van der Waals surface area (Å²) in [5.74, 6) is 0.945. The van der Waals surface area contributed by atoms with Gasteiger partial charge in [0.05, 0.1) is 29.7 Å². The normalized spacial score (nSPS) is 13.4. The van der Waals surface area contributed by atoms with E-state index in [4.69, 9.17) is 0 Å². The maximum Gasteiger partial charge on any atom is 0.222 e. The molecule has 138 valence electrons. The number of aromatic amines is 2. The lowest BCUT2D eigenvalue weighted by Gasteiger charge is -2.26. The predicted molar refractivity (Wildman–Crippen MR) is 99.9 cm³/mol. The molecule has 0 bridgehead atoms. The smallest absolute Gasteiger partial charge is 0.222 e. The minimum Gasteiger partial charge on any atom is -0.340 e. The van der Waals surface area contributed by atoms with E-state index in [0.717, 1.165) is 29.2 Å². The van der Waals surface area contributed by atoms with Gasteiger partial charge in [-0.05, 0) is 6.42 Å². The largest absolute Gasteiger partial charge is 0.340 e. The summed E-state index contributed by atoms with van der Waals surface area (Å²) in [6.07, 6.45) is 5.59. The van der Waals surface area contributed by atoms with E-state index < -0.39 is 0 Å². The van der Waals surface area contributed by atoms with Crippen molar-refractivity contribution < 1.29 is 9.59 Å². The lowest BCUT2D eigenvalue weighted by molar-refractivity contribution is -0.132. The number of aromatic nitrogens is 4. The molecule has 7 heteroatoms. The first-order chi connectivity index (χ1) is 13.2. The van der Waals surface area contributed by atoms with Crippen LogP contribution in [0.5, 0.6) is 0 Å². The fourth-order valence-corrected chi connectivity index (χ4v) is 3.35. The summed E-state index contributed by atoms with van der Waals surface area (Å²) in [6.45, 7) is 1.19. The van der Waals surface area contributed by atoms with Crippen molar-refractivity contribution in [2.24, 2.45) is 0 Å². The molecule has 7 nitrogen and oxygen atoms in total. The summed E-state index contributed by atoms with van der Waals surface area (Å²) in [5.41, 5.74) is 3.60. The molecule has 0 radical (unpaired) electrons. The minimum absolute atomic E-state index is 0.0842. The number of H-pyrrole nitrogens is 2. The molecule has 0 spiro atoms. The summed E-state index contributed by atoms with van der Waals surface area (Å²) in [7, 11) is 0. The first-order valence-electron chi connectivity index (χ1n) is 9.13. The van der Waals surface area contributed by atoms with Crippen LogP contribution in [-0.4, -0.2) is 43.3 Å². The Labute approximate surface area is 156 Å². The van der Waals surface area contributed by atoms with Gasteiger partial charge in [0.1, 0.15) is 5.82 Å². The van der Waals surface area contributed by atoms with Gasteiger partial charge < -0.3 is 9.88 Å². The molecule has 4 rings (SSSR count). The van der Waals surface area contributed by atoms with Gasteiger partial charge in [0.15, 0.2) is 5.78 Å². The van der Waals surface area contributed by atoms with Crippen molar-refractivity contribution in [3.8, 4) is 11.4 Å². The second-order valence-electron chi connectivity index (χ2n) is 6.71. The van der Waals surface area contributed by atoms with Crippen LogP contribution in [0.1, 0.15) is 41.0 Å². The van der Waals surface area contributed by atoms with Crippen LogP contribution < -0.4 is 0 Å². The number of carbonyl (C=O) groups excluding carboxylic acids is 2. The summed E-state index contributed by atoms with van der Waals surface area (Å²) in [5, 5.41) is 6.72. The van der Waals surface area contributed by atoms with E-state index >= 15 is 0 Å². The standard InChI is InChI=1S/C20H21N5O2/c26-18(14-5-2-1-3-6-14)7-4-8-19(27)25-10-9-16-17(13-25)24-20(23-16)15-11-21-22-12-15/h1-3,5-6,11-12H,4,7-10,13H2,(H,21,22)(H,23,24). The van der Waals surface area contributed by atoms with Crippen LogP contribution in [0.25, 0.3) is 11.4 Å². The molecular formula is C20H21N5O2. The third-order valence-electron chi connectivity index (χ3n) is 4.85. The van der Waals surface area contributed by atoms with Crippen LogP contribution in [0.2, 0.25) is 0 Å². The zero-order valence-corrected chi connectivity index (χ0v) is 14.9. The maximum atomic E-state index is 12.5. The number of fused-ring (bicyclic) bond motifs is 1. The Kier molecular flexibility index (Phi) is 4.82. The number of benzene rings is 1. The number of rotatable bonds is 6. The Morgan fingerprint density at radius 1 is 1.15 bits per heavy atom. The highest BCUT2D eigenvalue weighted by Crippen LogP contribution is 2.22. The van der Waals surface area contributed by atoms with Gasteiger partial charge >= 0.3 is 0 Å².